The summed E-state index contributed by atoms with van der Waals surface area (Å²) in [7, 11) is 0. The van der Waals surface area contributed by atoms with Gasteiger partial charge in [0.25, 0.3) is 0 Å². The molecule has 0 aliphatic carbocycles. The van der Waals surface area contributed by atoms with Crippen molar-refractivity contribution < 1.29 is 34.1 Å². The van der Waals surface area contributed by atoms with Crippen LogP contribution in [0, 0.1) is 0 Å². The first kappa shape index (κ1) is 19.4. The summed E-state index contributed by atoms with van der Waals surface area (Å²) in [5.74, 6) is -0.797. The van der Waals surface area contributed by atoms with Gasteiger partial charge in [0.1, 0.15) is 13.2 Å². The molecule has 1 aromatic carbocycles. The molecule has 2 rings (SSSR count). The summed E-state index contributed by atoms with van der Waals surface area (Å²) >= 11 is 0. The van der Waals surface area contributed by atoms with Crippen LogP contribution in [0.3, 0.4) is 0 Å². The molecule has 0 bridgehead atoms. The summed E-state index contributed by atoms with van der Waals surface area (Å²) < 4.78 is 10.7. The lowest BCUT2D eigenvalue weighted by Crippen LogP contribution is -2.15. The van der Waals surface area contributed by atoms with Gasteiger partial charge in [-0.05, 0) is 31.2 Å². The standard InChI is InChI=1S/C12H12O5.C4H9NO2/c13-9(2-4-12(14)15)8-1-3-10-11(7-8)17-6-5-16-10;5-3-1-2-4(6)7/h1,3,7H,2,4-6H2,(H,14,15);1-3,5H2,(H,6,7). The van der Waals surface area contributed by atoms with Crippen molar-refractivity contribution in [3.05, 3.63) is 23.8 Å². The molecule has 132 valence electrons. The van der Waals surface area contributed by atoms with Crippen molar-refractivity contribution in [1.29, 1.82) is 0 Å². The zero-order valence-corrected chi connectivity index (χ0v) is 13.2. The highest BCUT2D eigenvalue weighted by atomic mass is 16.6. The van der Waals surface area contributed by atoms with E-state index in [2.05, 4.69) is 0 Å². The zero-order chi connectivity index (χ0) is 17.9. The van der Waals surface area contributed by atoms with Gasteiger partial charge in [-0.25, -0.2) is 0 Å². The Morgan fingerprint density at radius 3 is 2.12 bits per heavy atom. The van der Waals surface area contributed by atoms with Gasteiger partial charge in [0.05, 0.1) is 6.42 Å². The van der Waals surface area contributed by atoms with Crippen molar-refractivity contribution in [3.8, 4) is 11.5 Å². The lowest BCUT2D eigenvalue weighted by Gasteiger charge is -2.18. The highest BCUT2D eigenvalue weighted by Crippen LogP contribution is 2.31. The minimum Gasteiger partial charge on any atom is -0.486 e. The number of nitrogens with two attached hydrogens (primary N) is 1. The molecule has 0 amide bonds. The van der Waals surface area contributed by atoms with Crippen LogP contribution in [0.2, 0.25) is 0 Å². The van der Waals surface area contributed by atoms with E-state index in [-0.39, 0.29) is 25.0 Å². The highest BCUT2D eigenvalue weighted by Gasteiger charge is 2.15. The van der Waals surface area contributed by atoms with Gasteiger partial charge < -0.3 is 25.4 Å². The Bertz CT molecular complexity index is 586. The minimum atomic E-state index is -0.976. The molecular weight excluding hydrogens is 318 g/mol. The maximum absolute atomic E-state index is 11.7. The van der Waals surface area contributed by atoms with Crippen LogP contribution >= 0.6 is 0 Å². The largest absolute Gasteiger partial charge is 0.486 e. The van der Waals surface area contributed by atoms with Gasteiger partial charge in [0, 0.05) is 18.4 Å². The van der Waals surface area contributed by atoms with E-state index in [0.29, 0.717) is 43.2 Å². The fourth-order valence-corrected chi connectivity index (χ4v) is 1.83. The van der Waals surface area contributed by atoms with Gasteiger partial charge in [-0.15, -0.1) is 0 Å². The molecule has 0 radical (unpaired) electrons. The van der Waals surface area contributed by atoms with Crippen LogP contribution < -0.4 is 15.2 Å². The number of Topliss-reactive ketones (excluding diaryl/α,β-unsaturated/α-hetero) is 1. The van der Waals surface area contributed by atoms with Gasteiger partial charge >= 0.3 is 11.9 Å². The summed E-state index contributed by atoms with van der Waals surface area (Å²) in [5, 5.41) is 16.5. The topological polar surface area (TPSA) is 136 Å². The van der Waals surface area contributed by atoms with Crippen molar-refractivity contribution in [2.24, 2.45) is 5.73 Å². The molecule has 1 aliphatic rings. The predicted molar refractivity (Wildman–Crippen MR) is 84.6 cm³/mol. The van der Waals surface area contributed by atoms with Crippen LogP contribution in [0.25, 0.3) is 0 Å². The fraction of sp³-hybridized carbons (Fsp3) is 0.438. The van der Waals surface area contributed by atoms with Gasteiger partial charge in [-0.3, -0.25) is 14.4 Å². The van der Waals surface area contributed by atoms with Crippen molar-refractivity contribution in [2.45, 2.75) is 25.7 Å². The molecule has 1 aliphatic heterocycles. The van der Waals surface area contributed by atoms with E-state index in [0.717, 1.165) is 0 Å². The number of ketones is 1. The van der Waals surface area contributed by atoms with E-state index < -0.39 is 11.9 Å². The number of hydrogen-bond donors (Lipinski definition) is 3. The third-order valence-electron chi connectivity index (χ3n) is 3.02. The SMILES string of the molecule is NCCCC(=O)O.O=C(O)CCC(=O)c1ccc2c(c1)OCCO2. The van der Waals surface area contributed by atoms with Gasteiger partial charge in [-0.1, -0.05) is 0 Å². The minimum absolute atomic E-state index is 0.00498. The molecule has 0 aromatic heterocycles. The molecule has 0 unspecified atom stereocenters. The van der Waals surface area contributed by atoms with Crippen LogP contribution in [-0.4, -0.2) is 47.7 Å². The number of aliphatic carboxylic acids is 2. The number of fused-ring (bicyclic) bond motifs is 1. The molecule has 1 heterocycles. The summed E-state index contributed by atoms with van der Waals surface area (Å²) in [4.78, 5) is 31.7. The number of ether oxygens (including phenoxy) is 2. The number of carbonyl (C=O) groups excluding carboxylic acids is 1. The lowest BCUT2D eigenvalue weighted by atomic mass is 10.1. The normalized spacial score (nSPS) is 11.9. The second-order valence-corrected chi connectivity index (χ2v) is 4.96. The fourth-order valence-electron chi connectivity index (χ4n) is 1.83. The van der Waals surface area contributed by atoms with Crippen molar-refractivity contribution in [1.82, 2.24) is 0 Å². The lowest BCUT2D eigenvalue weighted by molar-refractivity contribution is -0.138. The first-order valence-electron chi connectivity index (χ1n) is 7.50. The predicted octanol–water partition coefficient (Wildman–Crippen LogP) is 1.32. The number of benzene rings is 1. The second-order valence-electron chi connectivity index (χ2n) is 4.96. The highest BCUT2D eigenvalue weighted by molar-refractivity contribution is 5.98. The summed E-state index contributed by atoms with van der Waals surface area (Å²) in [6, 6.07) is 4.89. The third-order valence-corrected chi connectivity index (χ3v) is 3.02. The Hall–Kier alpha value is -2.61. The van der Waals surface area contributed by atoms with E-state index >= 15 is 0 Å². The van der Waals surface area contributed by atoms with Gasteiger partial charge in [0.2, 0.25) is 0 Å². The summed E-state index contributed by atoms with van der Waals surface area (Å²) in [6.07, 6.45) is 0.605. The van der Waals surface area contributed by atoms with E-state index in [1.165, 1.54) is 0 Å². The number of rotatable bonds is 7. The Morgan fingerprint density at radius 1 is 0.958 bits per heavy atom. The van der Waals surface area contributed by atoms with E-state index in [9.17, 15) is 14.4 Å². The van der Waals surface area contributed by atoms with E-state index in [4.69, 9.17) is 25.4 Å². The number of carboxylic acid groups (broad SMARTS) is 2. The molecule has 24 heavy (non-hydrogen) atoms. The molecule has 8 nitrogen and oxygen atoms in total. The van der Waals surface area contributed by atoms with Gasteiger partial charge in [-0.2, -0.15) is 0 Å². The third kappa shape index (κ3) is 7.10. The van der Waals surface area contributed by atoms with Crippen LogP contribution in [0.1, 0.15) is 36.0 Å². The van der Waals surface area contributed by atoms with Crippen molar-refractivity contribution in [3.63, 3.8) is 0 Å². The molecule has 0 atom stereocenters. The maximum atomic E-state index is 11.7. The Kier molecular flexibility index (Phi) is 8.28. The first-order chi connectivity index (χ1) is 11.4. The monoisotopic (exact) mass is 339 g/mol. The number of carboxylic acids is 2. The van der Waals surface area contributed by atoms with Crippen LogP contribution in [0.15, 0.2) is 18.2 Å². The molecule has 0 saturated carbocycles. The zero-order valence-electron chi connectivity index (χ0n) is 13.2. The van der Waals surface area contributed by atoms with Gasteiger partial charge in [0.15, 0.2) is 17.3 Å². The Morgan fingerprint density at radius 2 is 1.58 bits per heavy atom. The maximum Gasteiger partial charge on any atom is 0.303 e. The summed E-state index contributed by atoms with van der Waals surface area (Å²) in [6.45, 7) is 1.42. The van der Waals surface area contributed by atoms with Crippen molar-refractivity contribution >= 4 is 17.7 Å². The Labute approximate surface area is 139 Å². The van der Waals surface area contributed by atoms with Crippen LogP contribution in [-0.2, 0) is 9.59 Å². The van der Waals surface area contributed by atoms with Crippen LogP contribution in [0.5, 0.6) is 11.5 Å². The second kappa shape index (κ2) is 10.2. The first-order valence-corrected chi connectivity index (χ1v) is 7.50. The quantitative estimate of drug-likeness (QED) is 0.633. The average Bonchev–Trinajstić information content (AvgIpc) is 2.57. The molecular formula is C16H21NO7. The molecule has 0 fully saturated rings. The van der Waals surface area contributed by atoms with Crippen LogP contribution in [0.4, 0.5) is 0 Å². The molecule has 0 saturated heterocycles. The molecule has 1 aromatic rings. The number of hydrogen-bond acceptors (Lipinski definition) is 6. The Balaban J connectivity index is 0.000000351. The molecule has 4 N–H and O–H groups in total. The molecule has 0 spiro atoms. The molecule has 8 heteroatoms. The average molecular weight is 339 g/mol. The van der Waals surface area contributed by atoms with E-state index in [1.807, 2.05) is 0 Å². The summed E-state index contributed by atoms with van der Waals surface area (Å²) in [5.41, 5.74) is 5.47. The van der Waals surface area contributed by atoms with Crippen molar-refractivity contribution in [2.75, 3.05) is 19.8 Å². The smallest absolute Gasteiger partial charge is 0.303 e. The number of carbonyl (C=O) groups is 3. The van der Waals surface area contributed by atoms with E-state index in [1.54, 1.807) is 18.2 Å².